The van der Waals surface area contributed by atoms with Crippen molar-refractivity contribution in [3.8, 4) is 0 Å². The van der Waals surface area contributed by atoms with Crippen LogP contribution in [0.3, 0.4) is 0 Å². The maximum absolute atomic E-state index is 13.3. The minimum atomic E-state index is -0.989. The number of hydrogen-bond acceptors (Lipinski definition) is 3. The Morgan fingerprint density at radius 1 is 0.964 bits per heavy atom. The highest BCUT2D eigenvalue weighted by molar-refractivity contribution is 6.34. The number of halogens is 1. The van der Waals surface area contributed by atoms with Gasteiger partial charge in [-0.2, -0.15) is 0 Å². The van der Waals surface area contributed by atoms with Crippen molar-refractivity contribution in [3.05, 3.63) is 58.6 Å². The number of benzene rings is 2. The summed E-state index contributed by atoms with van der Waals surface area (Å²) in [6, 6.07) is 13.0. The van der Waals surface area contributed by atoms with Crippen LogP contribution in [0.4, 0.5) is 16.2 Å². The van der Waals surface area contributed by atoms with Crippen LogP contribution in [0.2, 0.25) is 5.02 Å². The Morgan fingerprint density at radius 2 is 1.71 bits per heavy atom. The molecule has 4 rings (SSSR count). The zero-order chi connectivity index (χ0) is 19.7. The Bertz CT molecular complexity index is 912. The Hall–Kier alpha value is -2.73. The van der Waals surface area contributed by atoms with Crippen LogP contribution in [0.25, 0.3) is 0 Å². The van der Waals surface area contributed by atoms with Crippen LogP contribution in [-0.4, -0.2) is 48.2 Å². The van der Waals surface area contributed by atoms with E-state index >= 15 is 0 Å². The summed E-state index contributed by atoms with van der Waals surface area (Å²) in [4.78, 5) is 30.0. The SMILES string of the molecule is O=C(O)N1CCN(C(=O)c2ccc(N3CCCC3)cc2Cl)c2ccccc2C1. The molecule has 2 aliphatic rings. The molecule has 0 bridgehead atoms. The van der Waals surface area contributed by atoms with Gasteiger partial charge in [0.05, 0.1) is 17.1 Å². The van der Waals surface area contributed by atoms with E-state index in [0.717, 1.165) is 30.0 Å². The maximum atomic E-state index is 13.3. The summed E-state index contributed by atoms with van der Waals surface area (Å²) in [7, 11) is 0. The largest absolute Gasteiger partial charge is 0.465 e. The molecular weight excluding hydrogens is 378 g/mol. The van der Waals surface area contributed by atoms with Gasteiger partial charge < -0.3 is 19.8 Å². The molecule has 0 atom stereocenters. The highest BCUT2D eigenvalue weighted by Gasteiger charge is 2.28. The molecule has 1 fully saturated rings. The molecule has 0 spiro atoms. The lowest BCUT2D eigenvalue weighted by Crippen LogP contribution is -2.37. The summed E-state index contributed by atoms with van der Waals surface area (Å²) >= 11 is 6.49. The van der Waals surface area contributed by atoms with E-state index in [0.29, 0.717) is 10.6 Å². The number of carbonyl (C=O) groups excluding carboxylic acids is 1. The molecule has 2 amide bonds. The van der Waals surface area contributed by atoms with E-state index in [9.17, 15) is 14.7 Å². The lowest BCUT2D eigenvalue weighted by molar-refractivity contribution is 0.0982. The van der Waals surface area contributed by atoms with Crippen molar-refractivity contribution in [1.29, 1.82) is 0 Å². The van der Waals surface area contributed by atoms with Gasteiger partial charge >= 0.3 is 6.09 Å². The number of hydrogen-bond donors (Lipinski definition) is 1. The van der Waals surface area contributed by atoms with E-state index in [1.807, 2.05) is 36.4 Å². The second-order valence-electron chi connectivity index (χ2n) is 7.15. The lowest BCUT2D eigenvalue weighted by atomic mass is 10.1. The van der Waals surface area contributed by atoms with E-state index in [2.05, 4.69) is 4.90 Å². The highest BCUT2D eigenvalue weighted by Crippen LogP contribution is 2.31. The lowest BCUT2D eigenvalue weighted by Gasteiger charge is -2.24. The number of amides is 2. The third kappa shape index (κ3) is 3.52. The first-order valence-corrected chi connectivity index (χ1v) is 9.84. The van der Waals surface area contributed by atoms with E-state index in [1.165, 1.54) is 17.7 Å². The molecule has 1 saturated heterocycles. The molecule has 0 radical (unpaired) electrons. The number of carbonyl (C=O) groups is 2. The Labute approximate surface area is 168 Å². The van der Waals surface area contributed by atoms with Crippen molar-refractivity contribution in [2.45, 2.75) is 19.4 Å². The van der Waals surface area contributed by atoms with Crippen molar-refractivity contribution in [3.63, 3.8) is 0 Å². The van der Waals surface area contributed by atoms with Crippen molar-refractivity contribution in [2.24, 2.45) is 0 Å². The first kappa shape index (κ1) is 18.6. The number of rotatable bonds is 2. The van der Waals surface area contributed by atoms with E-state index in [-0.39, 0.29) is 25.5 Å². The molecule has 0 saturated carbocycles. The fourth-order valence-corrected chi connectivity index (χ4v) is 4.16. The standard InChI is InChI=1S/C21H22ClN3O3/c22-18-13-16(23-9-3-4-10-23)7-8-17(18)20(26)25-12-11-24(21(27)28)14-15-5-1-2-6-19(15)25/h1-2,5-8,13H,3-4,9-12,14H2,(H,27,28). The molecule has 2 aromatic carbocycles. The van der Waals surface area contributed by atoms with Gasteiger partial charge in [-0.25, -0.2) is 4.79 Å². The fourth-order valence-electron chi connectivity index (χ4n) is 3.90. The molecule has 6 nitrogen and oxygen atoms in total. The molecule has 2 heterocycles. The molecule has 28 heavy (non-hydrogen) atoms. The number of fused-ring (bicyclic) bond motifs is 1. The van der Waals surface area contributed by atoms with Gasteiger partial charge in [0, 0.05) is 37.6 Å². The Morgan fingerprint density at radius 3 is 2.43 bits per heavy atom. The summed E-state index contributed by atoms with van der Waals surface area (Å²) in [5.74, 6) is -0.210. The number of nitrogens with zero attached hydrogens (tertiary/aromatic N) is 3. The molecule has 0 unspecified atom stereocenters. The normalized spacial score (nSPS) is 16.7. The molecule has 0 aliphatic carbocycles. The van der Waals surface area contributed by atoms with Crippen molar-refractivity contribution >= 4 is 35.0 Å². The van der Waals surface area contributed by atoms with Crippen LogP contribution in [0.5, 0.6) is 0 Å². The van der Waals surface area contributed by atoms with Crippen LogP contribution < -0.4 is 9.80 Å². The second kappa shape index (κ2) is 7.72. The molecule has 2 aliphatic heterocycles. The Kier molecular flexibility index (Phi) is 5.13. The van der Waals surface area contributed by atoms with Gasteiger partial charge in [-0.05, 0) is 42.7 Å². The molecule has 0 aromatic heterocycles. The van der Waals surface area contributed by atoms with Gasteiger partial charge in [-0.3, -0.25) is 4.79 Å². The van der Waals surface area contributed by atoms with Crippen LogP contribution in [-0.2, 0) is 6.54 Å². The maximum Gasteiger partial charge on any atom is 0.407 e. The van der Waals surface area contributed by atoms with Gasteiger partial charge in [0.25, 0.3) is 5.91 Å². The predicted octanol–water partition coefficient (Wildman–Crippen LogP) is 4.08. The summed E-state index contributed by atoms with van der Waals surface area (Å²) in [6.07, 6.45) is 1.35. The second-order valence-corrected chi connectivity index (χ2v) is 7.56. The van der Waals surface area contributed by atoms with Crippen LogP contribution in [0.15, 0.2) is 42.5 Å². The average molecular weight is 400 g/mol. The highest BCUT2D eigenvalue weighted by atomic mass is 35.5. The predicted molar refractivity (Wildman–Crippen MR) is 109 cm³/mol. The number of para-hydroxylation sites is 1. The van der Waals surface area contributed by atoms with Crippen molar-refractivity contribution < 1.29 is 14.7 Å². The van der Waals surface area contributed by atoms with Crippen molar-refractivity contribution in [2.75, 3.05) is 36.0 Å². The zero-order valence-corrected chi connectivity index (χ0v) is 16.2. The zero-order valence-electron chi connectivity index (χ0n) is 15.5. The first-order chi connectivity index (χ1) is 13.5. The molecule has 1 N–H and O–H groups in total. The van der Waals surface area contributed by atoms with Gasteiger partial charge in [-0.1, -0.05) is 29.8 Å². The third-order valence-electron chi connectivity index (χ3n) is 5.41. The minimum Gasteiger partial charge on any atom is -0.465 e. The number of anilines is 2. The summed E-state index contributed by atoms with van der Waals surface area (Å²) in [5.41, 5.74) is 3.01. The Balaban J connectivity index is 1.65. The van der Waals surface area contributed by atoms with Crippen LogP contribution in [0.1, 0.15) is 28.8 Å². The summed E-state index contributed by atoms with van der Waals surface area (Å²) in [6.45, 7) is 2.81. The first-order valence-electron chi connectivity index (χ1n) is 9.47. The summed E-state index contributed by atoms with van der Waals surface area (Å²) in [5, 5.41) is 9.83. The van der Waals surface area contributed by atoms with Gasteiger partial charge in [0.2, 0.25) is 0 Å². The third-order valence-corrected chi connectivity index (χ3v) is 5.72. The van der Waals surface area contributed by atoms with Crippen LogP contribution in [0, 0.1) is 0 Å². The van der Waals surface area contributed by atoms with Gasteiger partial charge in [0.1, 0.15) is 0 Å². The average Bonchev–Trinajstić information content (AvgIpc) is 3.15. The smallest absolute Gasteiger partial charge is 0.407 e. The van der Waals surface area contributed by atoms with E-state index in [1.54, 1.807) is 11.0 Å². The van der Waals surface area contributed by atoms with Gasteiger partial charge in [0.15, 0.2) is 0 Å². The number of carboxylic acid groups (broad SMARTS) is 1. The van der Waals surface area contributed by atoms with E-state index < -0.39 is 6.09 Å². The fraction of sp³-hybridized carbons (Fsp3) is 0.333. The van der Waals surface area contributed by atoms with Crippen molar-refractivity contribution in [1.82, 2.24) is 4.90 Å². The van der Waals surface area contributed by atoms with E-state index in [4.69, 9.17) is 11.6 Å². The van der Waals surface area contributed by atoms with Gasteiger partial charge in [-0.15, -0.1) is 0 Å². The quantitative estimate of drug-likeness (QED) is 0.826. The van der Waals surface area contributed by atoms with Crippen LogP contribution >= 0.6 is 11.6 Å². The summed E-state index contributed by atoms with van der Waals surface area (Å²) < 4.78 is 0. The molecule has 146 valence electrons. The molecule has 7 heteroatoms. The molecular formula is C21H22ClN3O3. The molecule has 2 aromatic rings. The minimum absolute atomic E-state index is 0.210. The monoisotopic (exact) mass is 399 g/mol. The topological polar surface area (TPSA) is 64.1 Å².